The van der Waals surface area contributed by atoms with Crippen LogP contribution in [0, 0.1) is 5.82 Å². The summed E-state index contributed by atoms with van der Waals surface area (Å²) in [4.78, 5) is 13.6. The number of anilines is 1. The van der Waals surface area contributed by atoms with E-state index in [1.165, 1.54) is 23.1 Å². The van der Waals surface area contributed by atoms with Gasteiger partial charge in [-0.15, -0.1) is 0 Å². The van der Waals surface area contributed by atoms with Gasteiger partial charge in [0, 0.05) is 31.9 Å². The zero-order chi connectivity index (χ0) is 15.4. The molecule has 0 aromatic heterocycles. The first-order chi connectivity index (χ1) is 9.99. The van der Waals surface area contributed by atoms with Gasteiger partial charge in [0.1, 0.15) is 11.6 Å². The Labute approximate surface area is 122 Å². The van der Waals surface area contributed by atoms with Crippen molar-refractivity contribution in [1.29, 1.82) is 0 Å². The van der Waals surface area contributed by atoms with Gasteiger partial charge in [-0.25, -0.2) is 4.39 Å². The highest BCUT2D eigenvalue weighted by molar-refractivity contribution is 5.99. The fourth-order valence-corrected chi connectivity index (χ4v) is 1.95. The van der Waals surface area contributed by atoms with Gasteiger partial charge >= 0.3 is 0 Å². The normalized spacial score (nSPS) is 10.2. The lowest BCUT2D eigenvalue weighted by Gasteiger charge is -2.15. The third-order valence-corrected chi connectivity index (χ3v) is 3.07. The molecule has 0 bridgehead atoms. The fourth-order valence-electron chi connectivity index (χ4n) is 1.95. The summed E-state index contributed by atoms with van der Waals surface area (Å²) in [6.07, 6.45) is 0. The molecule has 0 spiro atoms. The smallest absolute Gasteiger partial charge is 0.255 e. The van der Waals surface area contributed by atoms with Crippen molar-refractivity contribution < 1.29 is 14.3 Å². The van der Waals surface area contributed by atoms with E-state index < -0.39 is 5.82 Å². The van der Waals surface area contributed by atoms with Crippen molar-refractivity contribution >= 4 is 11.6 Å². The maximum absolute atomic E-state index is 13.2. The topological polar surface area (TPSA) is 52.6 Å². The van der Waals surface area contributed by atoms with Crippen LogP contribution in [0.1, 0.15) is 15.9 Å². The van der Waals surface area contributed by atoms with Crippen LogP contribution >= 0.6 is 0 Å². The lowest BCUT2D eigenvalue weighted by Crippen LogP contribution is -2.22. The molecule has 2 aromatic rings. The van der Waals surface area contributed by atoms with E-state index in [4.69, 9.17) is 0 Å². The fraction of sp³-hybridized carbons (Fsp3) is 0.188. The Balaban J connectivity index is 2.21. The summed E-state index contributed by atoms with van der Waals surface area (Å²) in [7, 11) is 3.36. The van der Waals surface area contributed by atoms with Crippen LogP contribution in [0.3, 0.4) is 0 Å². The molecular formula is C16H17FN2O2. The molecule has 0 aliphatic heterocycles. The number of phenols is 1. The number of nitrogens with one attached hydrogen (secondary N) is 1. The summed E-state index contributed by atoms with van der Waals surface area (Å²) in [5.41, 5.74) is 1.60. The molecule has 0 radical (unpaired) electrons. The van der Waals surface area contributed by atoms with E-state index in [0.29, 0.717) is 16.8 Å². The average molecular weight is 288 g/mol. The summed E-state index contributed by atoms with van der Waals surface area (Å²) in [5.74, 6) is -0.524. The molecule has 2 aromatic carbocycles. The van der Waals surface area contributed by atoms with Crippen molar-refractivity contribution in [2.24, 2.45) is 0 Å². The number of carbonyl (C=O) groups excluding carboxylic acids is 1. The van der Waals surface area contributed by atoms with E-state index in [1.54, 1.807) is 38.4 Å². The summed E-state index contributed by atoms with van der Waals surface area (Å²) in [5, 5.41) is 12.8. The molecule has 5 heteroatoms. The van der Waals surface area contributed by atoms with Gasteiger partial charge < -0.3 is 15.3 Å². The molecule has 2 N–H and O–H groups in total. The Morgan fingerprint density at radius 3 is 2.67 bits per heavy atom. The second-order valence-corrected chi connectivity index (χ2v) is 4.87. The van der Waals surface area contributed by atoms with Gasteiger partial charge in [0.25, 0.3) is 5.91 Å². The second-order valence-electron chi connectivity index (χ2n) is 4.87. The number of para-hydroxylation sites is 1. The predicted molar refractivity (Wildman–Crippen MR) is 79.9 cm³/mol. The van der Waals surface area contributed by atoms with Gasteiger partial charge in [-0.3, -0.25) is 4.79 Å². The molecule has 0 fully saturated rings. The van der Waals surface area contributed by atoms with Gasteiger partial charge in [-0.2, -0.15) is 0 Å². The maximum atomic E-state index is 13.2. The van der Waals surface area contributed by atoms with Crippen LogP contribution in [0.25, 0.3) is 0 Å². The molecule has 2 rings (SSSR count). The van der Waals surface area contributed by atoms with Crippen LogP contribution in [0.5, 0.6) is 5.75 Å². The van der Waals surface area contributed by atoms with Crippen molar-refractivity contribution in [3.63, 3.8) is 0 Å². The number of amides is 1. The summed E-state index contributed by atoms with van der Waals surface area (Å²) < 4.78 is 13.2. The predicted octanol–water partition coefficient (Wildman–Crippen LogP) is 2.85. The Kier molecular flexibility index (Phi) is 4.42. The van der Waals surface area contributed by atoms with Crippen molar-refractivity contribution in [3.05, 3.63) is 59.4 Å². The van der Waals surface area contributed by atoms with E-state index in [2.05, 4.69) is 5.32 Å². The van der Waals surface area contributed by atoms with E-state index in [-0.39, 0.29) is 18.2 Å². The molecule has 0 saturated carbocycles. The van der Waals surface area contributed by atoms with Crippen molar-refractivity contribution in [1.82, 2.24) is 4.90 Å². The SMILES string of the molecule is CN(C)C(=O)c1ccccc1NCc1cc(F)ccc1O. The van der Waals surface area contributed by atoms with Gasteiger partial charge in [0.2, 0.25) is 0 Å². The first-order valence-corrected chi connectivity index (χ1v) is 6.51. The Morgan fingerprint density at radius 2 is 1.95 bits per heavy atom. The first kappa shape index (κ1) is 14.8. The summed E-state index contributed by atoms with van der Waals surface area (Å²) in [6.45, 7) is 0.224. The van der Waals surface area contributed by atoms with Crippen molar-refractivity contribution in [3.8, 4) is 5.75 Å². The quantitative estimate of drug-likeness (QED) is 0.909. The van der Waals surface area contributed by atoms with Gasteiger partial charge in [0.15, 0.2) is 0 Å². The summed E-state index contributed by atoms with van der Waals surface area (Å²) >= 11 is 0. The summed E-state index contributed by atoms with van der Waals surface area (Å²) in [6, 6.07) is 10.8. The number of halogens is 1. The van der Waals surface area contributed by atoms with Crippen LogP contribution in [0.15, 0.2) is 42.5 Å². The molecule has 0 saturated heterocycles. The van der Waals surface area contributed by atoms with Crippen LogP contribution in [0.2, 0.25) is 0 Å². The van der Waals surface area contributed by atoms with E-state index >= 15 is 0 Å². The van der Waals surface area contributed by atoms with Crippen molar-refractivity contribution in [2.75, 3.05) is 19.4 Å². The first-order valence-electron chi connectivity index (χ1n) is 6.51. The van der Waals surface area contributed by atoms with Gasteiger partial charge in [-0.1, -0.05) is 12.1 Å². The van der Waals surface area contributed by atoms with Gasteiger partial charge in [0.05, 0.1) is 5.56 Å². The van der Waals surface area contributed by atoms with Crippen molar-refractivity contribution in [2.45, 2.75) is 6.54 Å². The number of benzene rings is 2. The Bertz CT molecular complexity index is 656. The molecule has 0 atom stereocenters. The Morgan fingerprint density at radius 1 is 1.24 bits per heavy atom. The largest absolute Gasteiger partial charge is 0.508 e. The average Bonchev–Trinajstić information content (AvgIpc) is 2.47. The van der Waals surface area contributed by atoms with Gasteiger partial charge in [-0.05, 0) is 30.3 Å². The minimum Gasteiger partial charge on any atom is -0.508 e. The lowest BCUT2D eigenvalue weighted by atomic mass is 10.1. The molecule has 0 unspecified atom stereocenters. The highest BCUT2D eigenvalue weighted by atomic mass is 19.1. The molecule has 0 heterocycles. The maximum Gasteiger partial charge on any atom is 0.255 e. The third-order valence-electron chi connectivity index (χ3n) is 3.07. The molecular weight excluding hydrogens is 271 g/mol. The molecule has 21 heavy (non-hydrogen) atoms. The zero-order valence-corrected chi connectivity index (χ0v) is 11.9. The van der Waals surface area contributed by atoms with Crippen LogP contribution in [0.4, 0.5) is 10.1 Å². The van der Waals surface area contributed by atoms with E-state index in [9.17, 15) is 14.3 Å². The highest BCUT2D eigenvalue weighted by Crippen LogP contribution is 2.21. The lowest BCUT2D eigenvalue weighted by molar-refractivity contribution is 0.0828. The zero-order valence-electron chi connectivity index (χ0n) is 11.9. The van der Waals surface area contributed by atoms with E-state index in [0.717, 1.165) is 0 Å². The standard InChI is InChI=1S/C16H17FN2O2/c1-19(2)16(21)13-5-3-4-6-14(13)18-10-11-9-12(17)7-8-15(11)20/h3-9,18,20H,10H2,1-2H3. The molecule has 110 valence electrons. The van der Waals surface area contributed by atoms with E-state index in [1.807, 2.05) is 0 Å². The number of hydrogen-bond donors (Lipinski definition) is 2. The van der Waals surface area contributed by atoms with Crippen LogP contribution in [-0.4, -0.2) is 30.0 Å². The van der Waals surface area contributed by atoms with Crippen LogP contribution < -0.4 is 5.32 Å². The Hall–Kier alpha value is -2.56. The second kappa shape index (κ2) is 6.26. The van der Waals surface area contributed by atoms with Crippen LogP contribution in [-0.2, 0) is 6.54 Å². The molecule has 0 aliphatic rings. The minimum absolute atomic E-state index is 0.0142. The number of hydrogen-bond acceptors (Lipinski definition) is 3. The molecule has 1 amide bonds. The number of aromatic hydroxyl groups is 1. The number of nitrogens with zero attached hydrogens (tertiary/aromatic N) is 1. The third kappa shape index (κ3) is 3.51. The molecule has 0 aliphatic carbocycles. The number of rotatable bonds is 4. The monoisotopic (exact) mass is 288 g/mol. The highest BCUT2D eigenvalue weighted by Gasteiger charge is 2.13. The molecule has 4 nitrogen and oxygen atoms in total. The number of carbonyl (C=O) groups is 1. The number of phenolic OH excluding ortho intramolecular Hbond substituents is 1. The minimum atomic E-state index is -0.415.